The Bertz CT molecular complexity index is 2030. The van der Waals surface area contributed by atoms with Gasteiger partial charge in [0.15, 0.2) is 5.78 Å². The molecule has 1 N–H and O–H groups in total. The van der Waals surface area contributed by atoms with Crippen LogP contribution in [0, 0.1) is 56.2 Å². The number of carboxylic acid groups (broad SMARTS) is 1. The van der Waals surface area contributed by atoms with Crippen LogP contribution in [0.5, 0.6) is 0 Å². The first kappa shape index (κ1) is 43.9. The van der Waals surface area contributed by atoms with Crippen molar-refractivity contribution in [1.29, 1.82) is 0 Å². The smallest absolute Gasteiger partial charge is 0.309 e. The van der Waals surface area contributed by atoms with Crippen LogP contribution in [-0.4, -0.2) is 69.7 Å². The number of allylic oxidation sites excluding steroid dienone is 2. The van der Waals surface area contributed by atoms with Gasteiger partial charge < -0.3 is 14.7 Å². The number of pyridine rings is 1. The molecular weight excluding hydrogens is 760 g/mol. The van der Waals surface area contributed by atoms with Crippen molar-refractivity contribution in [2.24, 2.45) is 56.2 Å². The van der Waals surface area contributed by atoms with Gasteiger partial charge in [-0.15, -0.1) is 5.10 Å². The molecule has 0 saturated heterocycles. The van der Waals surface area contributed by atoms with Crippen LogP contribution in [0.25, 0.3) is 11.4 Å². The second-order valence-corrected chi connectivity index (χ2v) is 22.4. The number of esters is 1. The van der Waals surface area contributed by atoms with E-state index in [9.17, 15) is 19.5 Å². The molecule has 2 heterocycles. The lowest BCUT2D eigenvalue weighted by Gasteiger charge is -2.72. The van der Waals surface area contributed by atoms with Crippen molar-refractivity contribution < 1.29 is 24.2 Å². The molecule has 0 radical (unpaired) electrons. The number of hydrogen-bond acceptors (Lipinski definition) is 8. The fraction of sp³-hybridized carbons (Fsp3) is 0.714. The monoisotopic (exact) mass is 828 g/mol. The summed E-state index contributed by atoms with van der Waals surface area (Å²) in [6, 6.07) is 5.89. The van der Waals surface area contributed by atoms with E-state index >= 15 is 0 Å². The number of aliphatic carboxylic acids is 1. The third-order valence-electron chi connectivity index (χ3n) is 17.2. The molecule has 0 amide bonds. The molecule has 59 heavy (non-hydrogen) atoms. The van der Waals surface area contributed by atoms with Gasteiger partial charge in [-0.25, -0.2) is 0 Å². The Morgan fingerprint density at radius 2 is 1.68 bits per heavy atom. The quantitative estimate of drug-likeness (QED) is 0.221. The number of Topliss-reactive ketones (excluding diaryl/α,β-unsaturated/α-hetero) is 1. The van der Waals surface area contributed by atoms with Crippen LogP contribution in [0.4, 0.5) is 0 Å². The Morgan fingerprint density at radius 3 is 2.32 bits per heavy atom. The van der Waals surface area contributed by atoms with Gasteiger partial charge in [-0.05, 0) is 155 Å². The molecule has 0 spiro atoms. The maximum Gasteiger partial charge on any atom is 0.309 e. The SMILES string of the molecule is CC(C)C1=C2C3CCC4C5(C)CCC(OC(=O)CC(C)(C)C(=O)O)C(C)(C)C5CCC4(C)C3(C)CCC2(Cc2nnc(-c3ccc(Cl)cn3)cc2CCN(C)C)CC1=O. The fourth-order valence-electron chi connectivity index (χ4n) is 13.9. The van der Waals surface area contributed by atoms with Gasteiger partial charge in [0.05, 0.1) is 28.2 Å². The lowest BCUT2D eigenvalue weighted by molar-refractivity contribution is -0.233. The number of aromatic nitrogens is 3. The zero-order chi connectivity index (χ0) is 43.1. The number of fused-ring (bicyclic) bond motifs is 7. The molecule has 0 bridgehead atoms. The van der Waals surface area contributed by atoms with Crippen molar-refractivity contribution in [2.45, 2.75) is 145 Å². The topological polar surface area (TPSA) is 123 Å². The van der Waals surface area contributed by atoms with E-state index in [-0.39, 0.29) is 45.5 Å². The summed E-state index contributed by atoms with van der Waals surface area (Å²) >= 11 is 6.18. The fourth-order valence-corrected chi connectivity index (χ4v) is 14.0. The molecule has 10 heteroatoms. The molecule has 2 aromatic rings. The van der Waals surface area contributed by atoms with Gasteiger partial charge in [-0.3, -0.25) is 19.4 Å². The zero-order valence-electron chi connectivity index (χ0n) is 37.6. The first-order valence-electron chi connectivity index (χ1n) is 22.3. The molecule has 2 aromatic heterocycles. The minimum Gasteiger partial charge on any atom is -0.481 e. The van der Waals surface area contributed by atoms with Crippen molar-refractivity contribution in [3.63, 3.8) is 0 Å². The minimum atomic E-state index is -1.17. The summed E-state index contributed by atoms with van der Waals surface area (Å²) in [5, 5.41) is 20.0. The highest BCUT2D eigenvalue weighted by Gasteiger charge is 2.70. The Labute approximate surface area is 357 Å². The predicted molar refractivity (Wildman–Crippen MR) is 232 cm³/mol. The number of carbonyl (C=O) groups excluding carboxylic acids is 2. The Kier molecular flexibility index (Phi) is 11.4. The summed E-state index contributed by atoms with van der Waals surface area (Å²) in [5.41, 5.74) is 4.67. The molecule has 4 saturated carbocycles. The number of carbonyl (C=O) groups is 3. The summed E-state index contributed by atoms with van der Waals surface area (Å²) in [5.74, 6) is 0.273. The summed E-state index contributed by atoms with van der Waals surface area (Å²) in [6.07, 6.45) is 11.5. The molecule has 0 aliphatic heterocycles. The summed E-state index contributed by atoms with van der Waals surface area (Å²) in [4.78, 5) is 46.2. The van der Waals surface area contributed by atoms with Gasteiger partial charge >= 0.3 is 11.9 Å². The number of ketones is 1. The average Bonchev–Trinajstić information content (AvgIpc) is 3.44. The van der Waals surface area contributed by atoms with E-state index in [0.717, 1.165) is 93.4 Å². The highest BCUT2D eigenvalue weighted by atomic mass is 35.5. The standard InChI is InChI=1S/C49H69ClN4O5/c1-29(2)41-36(55)26-49(25-35-30(18-23-54(10)11)24-34(52-53-35)33-14-12-31(50)28-51-33)22-21-47(8)32(42(41)49)13-15-38-46(7)19-17-39(59-40(56)27-44(3,4)43(57)58)45(5,6)37(46)16-20-48(38,47)9/h12,14,24,28-29,32,37-39H,13,15-23,25-27H2,1-11H3,(H,57,58). The van der Waals surface area contributed by atoms with Crippen molar-refractivity contribution in [3.8, 4) is 11.4 Å². The number of likely N-dealkylation sites (N-methyl/N-ethyl adjacent to an activating group) is 1. The lowest BCUT2D eigenvalue weighted by atomic mass is 9.33. The van der Waals surface area contributed by atoms with Crippen molar-refractivity contribution >= 4 is 29.3 Å². The number of halogens is 1. The van der Waals surface area contributed by atoms with Crippen LogP contribution in [0.3, 0.4) is 0 Å². The largest absolute Gasteiger partial charge is 0.481 e. The van der Waals surface area contributed by atoms with E-state index < -0.39 is 17.4 Å². The second kappa shape index (κ2) is 15.3. The maximum absolute atomic E-state index is 14.4. The summed E-state index contributed by atoms with van der Waals surface area (Å²) < 4.78 is 6.21. The molecule has 7 rings (SSSR count). The second-order valence-electron chi connectivity index (χ2n) is 22.0. The van der Waals surface area contributed by atoms with E-state index in [0.29, 0.717) is 35.0 Å². The maximum atomic E-state index is 14.4. The van der Waals surface area contributed by atoms with Crippen LogP contribution in [-0.2, 0) is 32.0 Å². The molecule has 5 aliphatic rings. The molecular formula is C49H69ClN4O5. The minimum absolute atomic E-state index is 0.0207. The van der Waals surface area contributed by atoms with Crippen LogP contribution in [0.2, 0.25) is 5.02 Å². The molecule has 8 unspecified atom stereocenters. The molecule has 0 aromatic carbocycles. The number of hydrogen-bond donors (Lipinski definition) is 1. The van der Waals surface area contributed by atoms with E-state index in [2.05, 4.69) is 78.5 Å². The molecule has 322 valence electrons. The average molecular weight is 830 g/mol. The number of carboxylic acids is 1. The molecule has 9 nitrogen and oxygen atoms in total. The van der Waals surface area contributed by atoms with E-state index in [1.54, 1.807) is 20.0 Å². The van der Waals surface area contributed by atoms with Gasteiger partial charge in [0, 0.05) is 36.4 Å². The first-order valence-corrected chi connectivity index (χ1v) is 22.7. The van der Waals surface area contributed by atoms with Gasteiger partial charge in [-0.2, -0.15) is 5.10 Å². The highest BCUT2D eigenvalue weighted by Crippen LogP contribution is 2.77. The highest BCUT2D eigenvalue weighted by molar-refractivity contribution is 6.30. The van der Waals surface area contributed by atoms with Gasteiger partial charge in [-0.1, -0.05) is 65.6 Å². The first-order chi connectivity index (χ1) is 27.5. The van der Waals surface area contributed by atoms with Crippen molar-refractivity contribution in [2.75, 3.05) is 20.6 Å². The van der Waals surface area contributed by atoms with Crippen molar-refractivity contribution in [1.82, 2.24) is 20.1 Å². The Hall–Kier alpha value is -3.17. The normalized spacial score (nSPS) is 34.0. The predicted octanol–water partition coefficient (Wildman–Crippen LogP) is 10.2. The van der Waals surface area contributed by atoms with Gasteiger partial charge in [0.1, 0.15) is 11.8 Å². The summed E-state index contributed by atoms with van der Waals surface area (Å²) in [7, 11) is 4.19. The summed E-state index contributed by atoms with van der Waals surface area (Å²) in [6.45, 7) is 20.8. The molecule has 8 atom stereocenters. The van der Waals surface area contributed by atoms with E-state index in [1.165, 1.54) is 11.1 Å². The third kappa shape index (κ3) is 7.30. The number of ether oxygens (including phenoxy) is 1. The van der Waals surface area contributed by atoms with Gasteiger partial charge in [0.25, 0.3) is 0 Å². The van der Waals surface area contributed by atoms with Crippen LogP contribution < -0.4 is 0 Å². The number of nitrogens with zero attached hydrogens (tertiary/aromatic N) is 4. The number of rotatable bonds is 11. The molecule has 4 fully saturated rings. The molecule has 5 aliphatic carbocycles. The van der Waals surface area contributed by atoms with Crippen LogP contribution >= 0.6 is 11.6 Å². The Balaban J connectivity index is 1.20. The van der Waals surface area contributed by atoms with Crippen molar-refractivity contribution in [3.05, 3.63) is 51.8 Å². The van der Waals surface area contributed by atoms with Crippen LogP contribution in [0.15, 0.2) is 35.5 Å². The third-order valence-corrected chi connectivity index (χ3v) is 17.5. The Morgan fingerprint density at radius 1 is 0.949 bits per heavy atom. The lowest BCUT2D eigenvalue weighted by Crippen LogP contribution is -2.65. The van der Waals surface area contributed by atoms with Crippen LogP contribution in [0.1, 0.15) is 138 Å². The van der Waals surface area contributed by atoms with Gasteiger partial charge in [0.2, 0.25) is 0 Å². The zero-order valence-corrected chi connectivity index (χ0v) is 38.4. The van der Waals surface area contributed by atoms with E-state index in [1.807, 2.05) is 12.1 Å². The van der Waals surface area contributed by atoms with E-state index in [4.69, 9.17) is 26.5 Å².